The summed E-state index contributed by atoms with van der Waals surface area (Å²) in [5.41, 5.74) is 0.706. The van der Waals surface area contributed by atoms with E-state index in [0.717, 1.165) is 19.4 Å². The molecule has 92 valence electrons. The number of anilines is 1. The van der Waals surface area contributed by atoms with Crippen molar-refractivity contribution in [1.29, 1.82) is 0 Å². The van der Waals surface area contributed by atoms with Crippen molar-refractivity contribution in [2.24, 2.45) is 0 Å². The lowest BCUT2D eigenvalue weighted by molar-refractivity contribution is -0.117. The van der Waals surface area contributed by atoms with Crippen molar-refractivity contribution in [3.8, 4) is 0 Å². The zero-order chi connectivity index (χ0) is 12.1. The molecule has 1 aromatic rings. The molecule has 1 amide bonds. The van der Waals surface area contributed by atoms with E-state index in [0.29, 0.717) is 12.2 Å². The van der Waals surface area contributed by atoms with Crippen LogP contribution in [0.25, 0.3) is 0 Å². The normalized spacial score (nSPS) is 20.4. The molecular weight excluding hydrogens is 218 g/mol. The number of aliphatic hydroxyl groups excluding tert-OH is 1. The topological polar surface area (TPSA) is 65.5 Å². The van der Waals surface area contributed by atoms with E-state index in [-0.39, 0.29) is 18.6 Å². The Morgan fingerprint density at radius 1 is 1.65 bits per heavy atom. The Bertz CT molecular complexity index is 369. The molecule has 5 nitrogen and oxygen atoms in total. The maximum atomic E-state index is 11.8. The minimum atomic E-state index is -0.0571. The first kappa shape index (κ1) is 12.0. The predicted molar refractivity (Wildman–Crippen MR) is 64.5 cm³/mol. The SMILES string of the molecule is O=C(CN1CCCC1CO)Nc1cccnc1. The minimum Gasteiger partial charge on any atom is -0.395 e. The van der Waals surface area contributed by atoms with Crippen LogP contribution < -0.4 is 5.32 Å². The molecule has 0 spiro atoms. The van der Waals surface area contributed by atoms with Gasteiger partial charge in [0.2, 0.25) is 5.91 Å². The fourth-order valence-electron chi connectivity index (χ4n) is 2.13. The molecule has 1 aliphatic rings. The molecule has 0 saturated carbocycles. The second-order valence-corrected chi connectivity index (χ2v) is 4.24. The van der Waals surface area contributed by atoms with Crippen molar-refractivity contribution in [3.63, 3.8) is 0 Å². The number of aromatic nitrogens is 1. The molecule has 1 aliphatic heterocycles. The van der Waals surface area contributed by atoms with Gasteiger partial charge in [-0.05, 0) is 31.5 Å². The van der Waals surface area contributed by atoms with Gasteiger partial charge < -0.3 is 10.4 Å². The van der Waals surface area contributed by atoms with Gasteiger partial charge in [-0.3, -0.25) is 14.7 Å². The Morgan fingerprint density at radius 2 is 2.53 bits per heavy atom. The Hall–Kier alpha value is -1.46. The standard InChI is InChI=1S/C12H17N3O2/c16-9-11-4-2-6-15(11)8-12(17)14-10-3-1-5-13-7-10/h1,3,5,7,11,16H,2,4,6,8-9H2,(H,14,17). The van der Waals surface area contributed by atoms with Crippen molar-refractivity contribution in [2.45, 2.75) is 18.9 Å². The summed E-state index contributed by atoms with van der Waals surface area (Å²) in [5.74, 6) is -0.0571. The second-order valence-electron chi connectivity index (χ2n) is 4.24. The van der Waals surface area contributed by atoms with Crippen LogP contribution in [0, 0.1) is 0 Å². The van der Waals surface area contributed by atoms with Gasteiger partial charge in [0, 0.05) is 12.2 Å². The van der Waals surface area contributed by atoms with Crippen LogP contribution in [0.4, 0.5) is 5.69 Å². The molecule has 1 unspecified atom stereocenters. The van der Waals surface area contributed by atoms with Crippen LogP contribution in [-0.4, -0.2) is 46.6 Å². The Balaban J connectivity index is 1.85. The molecule has 2 heterocycles. The van der Waals surface area contributed by atoms with Crippen molar-refractivity contribution in [2.75, 3.05) is 25.0 Å². The molecule has 0 aliphatic carbocycles. The second kappa shape index (κ2) is 5.75. The first-order valence-electron chi connectivity index (χ1n) is 5.84. The molecule has 5 heteroatoms. The molecule has 17 heavy (non-hydrogen) atoms. The van der Waals surface area contributed by atoms with Gasteiger partial charge in [0.1, 0.15) is 0 Å². The van der Waals surface area contributed by atoms with E-state index in [1.165, 1.54) is 0 Å². The number of likely N-dealkylation sites (tertiary alicyclic amines) is 1. The van der Waals surface area contributed by atoms with E-state index in [1.54, 1.807) is 24.5 Å². The van der Waals surface area contributed by atoms with Gasteiger partial charge >= 0.3 is 0 Å². The number of hydrogen-bond acceptors (Lipinski definition) is 4. The molecule has 0 aromatic carbocycles. The van der Waals surface area contributed by atoms with E-state index in [4.69, 9.17) is 5.11 Å². The van der Waals surface area contributed by atoms with Gasteiger partial charge in [-0.15, -0.1) is 0 Å². The highest BCUT2D eigenvalue weighted by Crippen LogP contribution is 2.16. The van der Waals surface area contributed by atoms with Crippen LogP contribution in [0.5, 0.6) is 0 Å². The van der Waals surface area contributed by atoms with Gasteiger partial charge in [0.25, 0.3) is 0 Å². The van der Waals surface area contributed by atoms with Crippen molar-refractivity contribution < 1.29 is 9.90 Å². The molecular formula is C12H17N3O2. The van der Waals surface area contributed by atoms with Crippen LogP contribution in [0.1, 0.15) is 12.8 Å². The number of pyridine rings is 1. The zero-order valence-corrected chi connectivity index (χ0v) is 9.67. The summed E-state index contributed by atoms with van der Waals surface area (Å²) in [4.78, 5) is 17.7. The van der Waals surface area contributed by atoms with E-state index in [1.807, 2.05) is 4.90 Å². The van der Waals surface area contributed by atoms with Crippen molar-refractivity contribution in [1.82, 2.24) is 9.88 Å². The summed E-state index contributed by atoms with van der Waals surface area (Å²) in [6, 6.07) is 3.72. The maximum Gasteiger partial charge on any atom is 0.238 e. The van der Waals surface area contributed by atoms with Crippen LogP contribution >= 0.6 is 0 Å². The number of carbonyl (C=O) groups excluding carboxylic acids is 1. The van der Waals surface area contributed by atoms with Gasteiger partial charge in [-0.25, -0.2) is 0 Å². The first-order chi connectivity index (χ1) is 8.29. The van der Waals surface area contributed by atoms with Gasteiger partial charge in [-0.1, -0.05) is 0 Å². The predicted octanol–water partition coefficient (Wildman–Crippen LogP) is 0.477. The summed E-state index contributed by atoms with van der Waals surface area (Å²) in [6.45, 7) is 1.34. The average Bonchev–Trinajstić information content (AvgIpc) is 2.77. The average molecular weight is 235 g/mol. The number of hydrogen-bond donors (Lipinski definition) is 2. The van der Waals surface area contributed by atoms with E-state index in [9.17, 15) is 4.79 Å². The number of rotatable bonds is 4. The monoisotopic (exact) mass is 235 g/mol. The first-order valence-corrected chi connectivity index (χ1v) is 5.84. The van der Waals surface area contributed by atoms with E-state index < -0.39 is 0 Å². The smallest absolute Gasteiger partial charge is 0.238 e. The highest BCUT2D eigenvalue weighted by molar-refractivity contribution is 5.92. The molecule has 0 radical (unpaired) electrons. The molecule has 2 N–H and O–H groups in total. The van der Waals surface area contributed by atoms with E-state index in [2.05, 4.69) is 10.3 Å². The number of nitrogens with one attached hydrogen (secondary N) is 1. The lowest BCUT2D eigenvalue weighted by Crippen LogP contribution is -2.38. The number of amides is 1. The van der Waals surface area contributed by atoms with Crippen LogP contribution in [0.15, 0.2) is 24.5 Å². The highest BCUT2D eigenvalue weighted by Gasteiger charge is 2.25. The fraction of sp³-hybridized carbons (Fsp3) is 0.500. The molecule has 1 aromatic heterocycles. The van der Waals surface area contributed by atoms with Crippen LogP contribution in [-0.2, 0) is 4.79 Å². The summed E-state index contributed by atoms with van der Waals surface area (Å²) < 4.78 is 0. The van der Waals surface area contributed by atoms with Gasteiger partial charge in [-0.2, -0.15) is 0 Å². The van der Waals surface area contributed by atoms with Crippen LogP contribution in [0.2, 0.25) is 0 Å². The lowest BCUT2D eigenvalue weighted by atomic mass is 10.2. The number of aliphatic hydroxyl groups is 1. The van der Waals surface area contributed by atoms with E-state index >= 15 is 0 Å². The summed E-state index contributed by atoms with van der Waals surface area (Å²) in [5, 5.41) is 11.9. The Morgan fingerprint density at radius 3 is 3.24 bits per heavy atom. The third-order valence-electron chi connectivity index (χ3n) is 3.00. The largest absolute Gasteiger partial charge is 0.395 e. The molecule has 1 saturated heterocycles. The molecule has 1 fully saturated rings. The Labute approximate surface area is 100 Å². The quantitative estimate of drug-likeness (QED) is 0.796. The number of nitrogens with zero attached hydrogens (tertiary/aromatic N) is 2. The molecule has 1 atom stereocenters. The van der Waals surface area contributed by atoms with Gasteiger partial charge in [0.05, 0.1) is 25.0 Å². The summed E-state index contributed by atoms with van der Waals surface area (Å²) >= 11 is 0. The maximum absolute atomic E-state index is 11.8. The molecule has 2 rings (SSSR count). The summed E-state index contributed by atoms with van der Waals surface area (Å²) in [6.07, 6.45) is 5.30. The zero-order valence-electron chi connectivity index (χ0n) is 9.67. The minimum absolute atomic E-state index is 0.0571. The van der Waals surface area contributed by atoms with Crippen LogP contribution in [0.3, 0.4) is 0 Å². The summed E-state index contributed by atoms with van der Waals surface area (Å²) in [7, 11) is 0. The Kier molecular flexibility index (Phi) is 4.06. The highest BCUT2D eigenvalue weighted by atomic mass is 16.3. The fourth-order valence-corrected chi connectivity index (χ4v) is 2.13. The van der Waals surface area contributed by atoms with Gasteiger partial charge in [0.15, 0.2) is 0 Å². The number of carbonyl (C=O) groups is 1. The third-order valence-corrected chi connectivity index (χ3v) is 3.00. The third kappa shape index (κ3) is 3.25. The van der Waals surface area contributed by atoms with Crippen molar-refractivity contribution >= 4 is 11.6 Å². The van der Waals surface area contributed by atoms with Crippen molar-refractivity contribution in [3.05, 3.63) is 24.5 Å². The molecule has 0 bridgehead atoms. The lowest BCUT2D eigenvalue weighted by Gasteiger charge is -2.21.